The van der Waals surface area contributed by atoms with Crippen LogP contribution in [-0.2, 0) is 20.5 Å². The summed E-state index contributed by atoms with van der Waals surface area (Å²) in [5.74, 6) is 0.803. The zero-order chi connectivity index (χ0) is 21.4. The molecule has 2 heterocycles. The number of benzene rings is 1. The lowest BCUT2D eigenvalue weighted by Gasteiger charge is -2.31. The molecule has 0 amide bonds. The molecule has 0 saturated heterocycles. The third kappa shape index (κ3) is 3.73. The highest BCUT2D eigenvalue weighted by molar-refractivity contribution is 9.10. The van der Waals surface area contributed by atoms with E-state index in [2.05, 4.69) is 64.1 Å². The first-order valence-corrected chi connectivity index (χ1v) is 10.1. The van der Waals surface area contributed by atoms with Crippen molar-refractivity contribution >= 4 is 21.9 Å². The van der Waals surface area contributed by atoms with Gasteiger partial charge in [-0.05, 0) is 44.4 Å². The second-order valence-electron chi connectivity index (χ2n) is 8.01. The molecule has 1 atom stereocenters. The lowest BCUT2D eigenvalue weighted by atomic mass is 9.73. The van der Waals surface area contributed by atoms with E-state index < -0.39 is 11.0 Å². The summed E-state index contributed by atoms with van der Waals surface area (Å²) in [5.41, 5.74) is 0.372. The fourth-order valence-corrected chi connectivity index (χ4v) is 3.42. The summed E-state index contributed by atoms with van der Waals surface area (Å²) in [6.45, 7) is 9.85. The van der Waals surface area contributed by atoms with Crippen LogP contribution in [0.3, 0.4) is 0 Å². The first kappa shape index (κ1) is 21.2. The van der Waals surface area contributed by atoms with E-state index in [1.165, 1.54) is 11.8 Å². The van der Waals surface area contributed by atoms with Crippen LogP contribution in [0.2, 0.25) is 0 Å². The number of esters is 1. The molecule has 3 aromatic rings. The quantitative estimate of drug-likeness (QED) is 0.501. The second kappa shape index (κ2) is 7.74. The Bertz CT molecular complexity index is 1010. The van der Waals surface area contributed by atoms with Crippen LogP contribution in [0.4, 0.5) is 0 Å². The predicted molar refractivity (Wildman–Crippen MR) is 112 cm³/mol. The van der Waals surface area contributed by atoms with Gasteiger partial charge in [0.1, 0.15) is 0 Å². The van der Waals surface area contributed by atoms with Crippen LogP contribution < -0.4 is 0 Å². The molecule has 0 fully saturated rings. The molecule has 29 heavy (non-hydrogen) atoms. The van der Waals surface area contributed by atoms with E-state index >= 15 is 0 Å². The molecule has 0 aliphatic rings. The minimum atomic E-state index is -0.945. The van der Waals surface area contributed by atoms with Gasteiger partial charge in [-0.3, -0.25) is 4.68 Å². The zero-order valence-corrected chi connectivity index (χ0v) is 19.0. The van der Waals surface area contributed by atoms with Crippen LogP contribution in [0.15, 0.2) is 45.7 Å². The van der Waals surface area contributed by atoms with Gasteiger partial charge in [-0.25, -0.2) is 4.79 Å². The van der Waals surface area contributed by atoms with E-state index in [0.717, 1.165) is 10.0 Å². The average molecular weight is 461 g/mol. The number of halogens is 1. The fraction of sp³-hybridized carbons (Fsp3) is 0.429. The average Bonchev–Trinajstić information content (AvgIpc) is 3.36. The van der Waals surface area contributed by atoms with Crippen molar-refractivity contribution in [1.29, 1.82) is 0 Å². The van der Waals surface area contributed by atoms with Crippen molar-refractivity contribution in [2.45, 2.75) is 45.6 Å². The molecule has 1 aromatic carbocycles. The minimum absolute atomic E-state index is 0.232. The number of rotatable bonds is 6. The van der Waals surface area contributed by atoms with Gasteiger partial charge in [-0.15, -0.1) is 0 Å². The Hall–Kier alpha value is -2.48. The number of aromatic nitrogens is 4. The Labute approximate surface area is 178 Å². The van der Waals surface area contributed by atoms with Gasteiger partial charge in [0.05, 0.1) is 24.3 Å². The van der Waals surface area contributed by atoms with E-state index in [4.69, 9.17) is 9.26 Å². The van der Waals surface area contributed by atoms with Crippen molar-refractivity contribution < 1.29 is 14.1 Å². The molecule has 2 aromatic heterocycles. The topological polar surface area (TPSA) is 83.0 Å². The Morgan fingerprint density at radius 2 is 1.86 bits per heavy atom. The number of hydrogen-bond acceptors (Lipinski definition) is 6. The molecule has 7 nitrogen and oxygen atoms in total. The highest BCUT2D eigenvalue weighted by Crippen LogP contribution is 2.38. The van der Waals surface area contributed by atoms with Crippen molar-refractivity contribution in [2.75, 3.05) is 7.11 Å². The molecule has 3 rings (SSSR count). The Morgan fingerprint density at radius 1 is 1.21 bits per heavy atom. The van der Waals surface area contributed by atoms with Crippen LogP contribution in [0.5, 0.6) is 0 Å². The lowest BCUT2D eigenvalue weighted by molar-refractivity contribution is -0.150. The number of methoxy groups -OCH3 is 1. The van der Waals surface area contributed by atoms with Crippen molar-refractivity contribution in [2.24, 2.45) is 5.92 Å². The van der Waals surface area contributed by atoms with Gasteiger partial charge in [0, 0.05) is 10.7 Å². The van der Waals surface area contributed by atoms with E-state index in [1.807, 2.05) is 12.1 Å². The van der Waals surface area contributed by atoms with Gasteiger partial charge < -0.3 is 9.26 Å². The molecule has 0 saturated carbocycles. The molecule has 0 aliphatic heterocycles. The van der Waals surface area contributed by atoms with Gasteiger partial charge in [-0.2, -0.15) is 10.1 Å². The van der Waals surface area contributed by atoms with Crippen LogP contribution in [-0.4, -0.2) is 33.0 Å². The van der Waals surface area contributed by atoms with E-state index in [1.54, 1.807) is 26.2 Å². The first-order chi connectivity index (χ1) is 13.6. The number of carbonyl (C=O) groups is 1. The molecule has 8 heteroatoms. The van der Waals surface area contributed by atoms with E-state index in [-0.39, 0.29) is 11.9 Å². The van der Waals surface area contributed by atoms with E-state index in [0.29, 0.717) is 17.3 Å². The van der Waals surface area contributed by atoms with Crippen LogP contribution in [0.25, 0.3) is 11.5 Å². The Balaban J connectivity index is 1.98. The standard InChI is InChI=1S/C21H25BrN4O3/c1-13(2)21(5,15-7-9-16(22)10-8-15)18-24-17(29-25-18)14-11-23-26(12-14)20(3,4)19(27)28-6/h7-13H,1-6H3. The predicted octanol–water partition coefficient (Wildman–Crippen LogP) is 4.57. The monoisotopic (exact) mass is 460 g/mol. The van der Waals surface area contributed by atoms with Crippen molar-refractivity contribution in [3.63, 3.8) is 0 Å². The summed E-state index contributed by atoms with van der Waals surface area (Å²) in [7, 11) is 1.35. The summed E-state index contributed by atoms with van der Waals surface area (Å²) in [4.78, 5) is 16.7. The SMILES string of the molecule is COC(=O)C(C)(C)n1cc(-c2nc(C(C)(c3ccc(Br)cc3)C(C)C)no2)cn1. The van der Waals surface area contributed by atoms with Gasteiger partial charge in [0.2, 0.25) is 0 Å². The van der Waals surface area contributed by atoms with Crippen LogP contribution >= 0.6 is 15.9 Å². The molecule has 0 spiro atoms. The second-order valence-corrected chi connectivity index (χ2v) is 8.93. The largest absolute Gasteiger partial charge is 0.467 e. The third-order valence-electron chi connectivity index (χ3n) is 5.58. The maximum atomic E-state index is 12.0. The third-order valence-corrected chi connectivity index (χ3v) is 6.11. The normalized spacial score (nSPS) is 14.1. The number of hydrogen-bond donors (Lipinski definition) is 0. The fourth-order valence-electron chi connectivity index (χ4n) is 3.15. The zero-order valence-electron chi connectivity index (χ0n) is 17.4. The molecule has 0 radical (unpaired) electrons. The van der Waals surface area contributed by atoms with Crippen LogP contribution in [0.1, 0.15) is 46.0 Å². The summed E-state index contributed by atoms with van der Waals surface area (Å²) in [5, 5.41) is 8.57. The molecular formula is C21H25BrN4O3. The number of carbonyl (C=O) groups excluding carboxylic acids is 1. The minimum Gasteiger partial charge on any atom is -0.467 e. The van der Waals surface area contributed by atoms with Gasteiger partial charge in [0.15, 0.2) is 11.4 Å². The van der Waals surface area contributed by atoms with Crippen molar-refractivity contribution in [1.82, 2.24) is 19.9 Å². The molecule has 0 N–H and O–H groups in total. The van der Waals surface area contributed by atoms with Crippen molar-refractivity contribution in [3.05, 3.63) is 52.5 Å². The molecule has 0 aliphatic carbocycles. The summed E-state index contributed by atoms with van der Waals surface area (Å²) >= 11 is 3.48. The molecule has 0 bridgehead atoms. The van der Waals surface area contributed by atoms with Gasteiger partial charge in [-0.1, -0.05) is 47.1 Å². The van der Waals surface area contributed by atoms with Crippen LogP contribution in [0, 0.1) is 5.92 Å². The Kier molecular flexibility index (Phi) is 5.67. The summed E-state index contributed by atoms with van der Waals surface area (Å²) in [6, 6.07) is 8.15. The summed E-state index contributed by atoms with van der Waals surface area (Å²) in [6.07, 6.45) is 3.31. The Morgan fingerprint density at radius 3 is 2.45 bits per heavy atom. The van der Waals surface area contributed by atoms with Gasteiger partial charge >= 0.3 is 5.97 Å². The maximum absolute atomic E-state index is 12.0. The molecular weight excluding hydrogens is 436 g/mol. The molecule has 154 valence electrons. The smallest absolute Gasteiger partial charge is 0.333 e. The first-order valence-electron chi connectivity index (χ1n) is 9.35. The molecule has 1 unspecified atom stereocenters. The van der Waals surface area contributed by atoms with Gasteiger partial charge in [0.25, 0.3) is 5.89 Å². The highest BCUT2D eigenvalue weighted by atomic mass is 79.9. The number of nitrogens with zero attached hydrogens (tertiary/aromatic N) is 4. The summed E-state index contributed by atoms with van der Waals surface area (Å²) < 4.78 is 13.0. The highest BCUT2D eigenvalue weighted by Gasteiger charge is 2.38. The number of ether oxygens (including phenoxy) is 1. The maximum Gasteiger partial charge on any atom is 0.333 e. The van der Waals surface area contributed by atoms with E-state index in [9.17, 15) is 4.79 Å². The lowest BCUT2D eigenvalue weighted by Crippen LogP contribution is -2.37. The van der Waals surface area contributed by atoms with Crippen molar-refractivity contribution in [3.8, 4) is 11.5 Å².